The van der Waals surface area contributed by atoms with Gasteiger partial charge in [-0.1, -0.05) is 18.2 Å². The maximum atomic E-state index is 5.73. The van der Waals surface area contributed by atoms with Crippen LogP contribution in [0.25, 0.3) is 0 Å². The molecule has 0 aliphatic heterocycles. The number of hydrogen-bond donors (Lipinski definition) is 0. The molecule has 5 heteroatoms. The second-order valence-electron chi connectivity index (χ2n) is 4.60. The molecule has 0 fully saturated rings. The number of aryl methyl sites for hydroxylation is 1. The minimum absolute atomic E-state index is 0.501. The van der Waals surface area contributed by atoms with Crippen molar-refractivity contribution < 1.29 is 9.47 Å². The van der Waals surface area contributed by atoms with E-state index in [9.17, 15) is 0 Å². The molecule has 0 radical (unpaired) electrons. The minimum Gasteiger partial charge on any atom is -0.491 e. The number of benzene rings is 1. The molecule has 0 N–H and O–H groups in total. The molecule has 1 aromatic carbocycles. The summed E-state index contributed by atoms with van der Waals surface area (Å²) in [6.07, 6.45) is 3.14. The molecule has 0 saturated carbocycles. The fourth-order valence-electron chi connectivity index (χ4n) is 1.84. The summed E-state index contributed by atoms with van der Waals surface area (Å²) in [6.45, 7) is 1.99. The van der Waals surface area contributed by atoms with Crippen molar-refractivity contribution in [3.8, 4) is 5.75 Å². The Morgan fingerprint density at radius 1 is 1.05 bits per heavy atom. The highest BCUT2D eigenvalue weighted by molar-refractivity contribution is 7.09. The number of unbranched alkanes of at least 4 members (excludes halogenated alkanes) is 1. The zero-order valence-corrected chi connectivity index (χ0v) is 13.5. The zero-order chi connectivity index (χ0) is 14.8. The predicted octanol–water partition coefficient (Wildman–Crippen LogP) is 4.30. The van der Waals surface area contributed by atoms with Gasteiger partial charge in [-0.15, -0.1) is 22.9 Å². The van der Waals surface area contributed by atoms with E-state index in [0.29, 0.717) is 19.1 Å². The van der Waals surface area contributed by atoms with Gasteiger partial charge in [0.05, 0.1) is 23.2 Å². The number of thiazole rings is 1. The van der Waals surface area contributed by atoms with Crippen molar-refractivity contribution in [1.82, 2.24) is 4.98 Å². The van der Waals surface area contributed by atoms with Crippen LogP contribution in [0.4, 0.5) is 0 Å². The van der Waals surface area contributed by atoms with Crippen LogP contribution in [0.2, 0.25) is 0 Å². The number of ether oxygens (including phenoxy) is 2. The van der Waals surface area contributed by atoms with Gasteiger partial charge in [0, 0.05) is 12.0 Å². The van der Waals surface area contributed by atoms with Crippen LogP contribution in [0.15, 0.2) is 35.7 Å². The lowest BCUT2D eigenvalue weighted by molar-refractivity contribution is 0.0975. The Balaban J connectivity index is 1.45. The Kier molecular flexibility index (Phi) is 7.57. The third-order valence-corrected chi connectivity index (χ3v) is 4.14. The van der Waals surface area contributed by atoms with Gasteiger partial charge in [0.25, 0.3) is 0 Å². The van der Waals surface area contributed by atoms with Crippen LogP contribution in [0, 0.1) is 0 Å². The molecule has 0 saturated heterocycles. The van der Waals surface area contributed by atoms with Gasteiger partial charge in [-0.05, 0) is 31.4 Å². The summed E-state index contributed by atoms with van der Waals surface area (Å²) >= 11 is 7.42. The Hall–Kier alpha value is -1.10. The van der Waals surface area contributed by atoms with E-state index in [1.54, 1.807) is 11.3 Å². The maximum absolute atomic E-state index is 5.73. The lowest BCUT2D eigenvalue weighted by Crippen LogP contribution is -2.07. The Morgan fingerprint density at radius 2 is 1.90 bits per heavy atom. The molecule has 0 unspecified atom stereocenters. The summed E-state index contributed by atoms with van der Waals surface area (Å²) in [6, 6.07) is 9.79. The summed E-state index contributed by atoms with van der Waals surface area (Å²) in [5, 5.41) is 3.19. The average molecular weight is 326 g/mol. The molecule has 0 aliphatic rings. The second kappa shape index (κ2) is 9.77. The molecule has 0 amide bonds. The van der Waals surface area contributed by atoms with Crippen LogP contribution in [0.3, 0.4) is 0 Å². The Labute approximate surface area is 134 Å². The van der Waals surface area contributed by atoms with E-state index in [1.807, 2.05) is 35.7 Å². The summed E-state index contributed by atoms with van der Waals surface area (Å²) in [4.78, 5) is 4.44. The highest BCUT2D eigenvalue weighted by Gasteiger charge is 2.00. The lowest BCUT2D eigenvalue weighted by Gasteiger charge is -2.06. The molecular formula is C16H20ClNO2S. The topological polar surface area (TPSA) is 31.4 Å². The molecule has 1 aromatic heterocycles. The van der Waals surface area contributed by atoms with Gasteiger partial charge >= 0.3 is 0 Å². The quantitative estimate of drug-likeness (QED) is 0.482. The number of para-hydroxylation sites is 1. The molecule has 2 aromatic rings. The van der Waals surface area contributed by atoms with E-state index in [0.717, 1.165) is 42.3 Å². The van der Waals surface area contributed by atoms with E-state index in [1.165, 1.54) is 0 Å². The van der Waals surface area contributed by atoms with Crippen LogP contribution < -0.4 is 4.74 Å². The number of hydrogen-bond acceptors (Lipinski definition) is 4. The molecule has 3 nitrogen and oxygen atoms in total. The van der Waals surface area contributed by atoms with E-state index in [2.05, 4.69) is 4.98 Å². The Bertz CT molecular complexity index is 504. The SMILES string of the molecule is ClCc1csc(CCCCOCCOc2ccccc2)n1. The van der Waals surface area contributed by atoms with Crippen LogP contribution in [-0.4, -0.2) is 24.8 Å². The van der Waals surface area contributed by atoms with Crippen LogP contribution in [-0.2, 0) is 17.0 Å². The van der Waals surface area contributed by atoms with E-state index in [4.69, 9.17) is 21.1 Å². The van der Waals surface area contributed by atoms with Crippen molar-refractivity contribution in [3.05, 3.63) is 46.4 Å². The summed E-state index contributed by atoms with van der Waals surface area (Å²) in [7, 11) is 0. The number of rotatable bonds is 10. The largest absolute Gasteiger partial charge is 0.491 e. The minimum atomic E-state index is 0.501. The van der Waals surface area contributed by atoms with Crippen molar-refractivity contribution in [2.24, 2.45) is 0 Å². The standard InChI is InChI=1S/C16H20ClNO2S/c17-12-14-13-21-16(18-14)8-4-5-9-19-10-11-20-15-6-2-1-3-7-15/h1-3,6-7,13H,4-5,8-12H2. The fourth-order valence-corrected chi connectivity index (χ4v) is 2.91. The van der Waals surface area contributed by atoms with Crippen LogP contribution in [0.5, 0.6) is 5.75 Å². The normalized spacial score (nSPS) is 10.7. The van der Waals surface area contributed by atoms with Gasteiger partial charge < -0.3 is 9.47 Å². The van der Waals surface area contributed by atoms with E-state index < -0.39 is 0 Å². The highest BCUT2D eigenvalue weighted by atomic mass is 35.5. The monoisotopic (exact) mass is 325 g/mol. The van der Waals surface area contributed by atoms with Crippen LogP contribution in [0.1, 0.15) is 23.5 Å². The number of halogens is 1. The molecule has 114 valence electrons. The first-order chi connectivity index (χ1) is 10.4. The van der Waals surface area contributed by atoms with Gasteiger partial charge in [0.1, 0.15) is 12.4 Å². The smallest absolute Gasteiger partial charge is 0.119 e. The van der Waals surface area contributed by atoms with Gasteiger partial charge in [-0.3, -0.25) is 0 Å². The van der Waals surface area contributed by atoms with E-state index >= 15 is 0 Å². The van der Waals surface area contributed by atoms with Crippen molar-refractivity contribution in [3.63, 3.8) is 0 Å². The van der Waals surface area contributed by atoms with Crippen molar-refractivity contribution in [1.29, 1.82) is 0 Å². The van der Waals surface area contributed by atoms with Crippen molar-refractivity contribution in [2.75, 3.05) is 19.8 Å². The lowest BCUT2D eigenvalue weighted by atomic mass is 10.2. The van der Waals surface area contributed by atoms with Gasteiger partial charge in [0.15, 0.2) is 0 Å². The first-order valence-electron chi connectivity index (χ1n) is 7.13. The maximum Gasteiger partial charge on any atom is 0.119 e. The summed E-state index contributed by atoms with van der Waals surface area (Å²) in [5.41, 5.74) is 0.978. The number of nitrogens with zero attached hydrogens (tertiary/aromatic N) is 1. The van der Waals surface area contributed by atoms with Crippen molar-refractivity contribution in [2.45, 2.75) is 25.1 Å². The van der Waals surface area contributed by atoms with Gasteiger partial charge in [0.2, 0.25) is 0 Å². The fraction of sp³-hybridized carbons (Fsp3) is 0.438. The number of alkyl halides is 1. The Morgan fingerprint density at radius 3 is 2.67 bits per heavy atom. The first-order valence-corrected chi connectivity index (χ1v) is 8.55. The highest BCUT2D eigenvalue weighted by Crippen LogP contribution is 2.14. The average Bonchev–Trinajstić information content (AvgIpc) is 2.99. The summed E-state index contributed by atoms with van der Waals surface area (Å²) in [5.74, 6) is 1.39. The molecular weight excluding hydrogens is 306 g/mol. The second-order valence-corrected chi connectivity index (χ2v) is 5.81. The van der Waals surface area contributed by atoms with Gasteiger partial charge in [-0.2, -0.15) is 0 Å². The molecule has 0 spiro atoms. The van der Waals surface area contributed by atoms with Crippen molar-refractivity contribution >= 4 is 22.9 Å². The summed E-state index contributed by atoms with van der Waals surface area (Å²) < 4.78 is 11.1. The third kappa shape index (κ3) is 6.46. The molecule has 0 aliphatic carbocycles. The van der Waals surface area contributed by atoms with E-state index in [-0.39, 0.29) is 0 Å². The number of aromatic nitrogens is 1. The molecule has 0 bridgehead atoms. The predicted molar refractivity (Wildman–Crippen MR) is 87.4 cm³/mol. The van der Waals surface area contributed by atoms with Crippen LogP contribution >= 0.6 is 22.9 Å². The molecule has 21 heavy (non-hydrogen) atoms. The molecule has 0 atom stereocenters. The molecule has 1 heterocycles. The zero-order valence-electron chi connectivity index (χ0n) is 12.0. The first kappa shape index (κ1) is 16.3. The third-order valence-electron chi connectivity index (χ3n) is 2.91. The van der Waals surface area contributed by atoms with Gasteiger partial charge in [-0.25, -0.2) is 4.98 Å². The molecule has 2 rings (SSSR count).